The summed E-state index contributed by atoms with van der Waals surface area (Å²) in [6, 6.07) is 9.65. The van der Waals surface area contributed by atoms with Crippen molar-refractivity contribution in [2.45, 2.75) is 20.3 Å². The van der Waals surface area contributed by atoms with Gasteiger partial charge in [-0.25, -0.2) is 4.79 Å². The topological polar surface area (TPSA) is 116 Å². The number of carbonyl (C=O) groups is 3. The van der Waals surface area contributed by atoms with Crippen molar-refractivity contribution in [3.05, 3.63) is 68.7 Å². The first-order chi connectivity index (χ1) is 13.7. The Kier molecular flexibility index (Phi) is 7.44. The summed E-state index contributed by atoms with van der Waals surface area (Å²) in [6.07, 6.45) is 0.388. The number of nitrogens with zero attached hydrogens (tertiary/aromatic N) is 1. The van der Waals surface area contributed by atoms with Crippen LogP contribution in [0, 0.1) is 16.0 Å². The first-order valence-electron chi connectivity index (χ1n) is 8.71. The number of rotatable bonds is 8. The number of hydrogen-bond acceptors (Lipinski definition) is 6. The van der Waals surface area contributed by atoms with Gasteiger partial charge in [-0.1, -0.05) is 25.4 Å². The fourth-order valence-electron chi connectivity index (χ4n) is 2.40. The minimum absolute atomic E-state index is 0.0860. The maximum Gasteiger partial charge on any atom is 0.338 e. The van der Waals surface area contributed by atoms with E-state index in [4.69, 9.17) is 16.3 Å². The van der Waals surface area contributed by atoms with Gasteiger partial charge in [-0.05, 0) is 42.3 Å². The van der Waals surface area contributed by atoms with Crippen LogP contribution in [0.5, 0.6) is 0 Å². The van der Waals surface area contributed by atoms with Crippen LogP contribution in [-0.4, -0.2) is 29.2 Å². The van der Waals surface area contributed by atoms with Gasteiger partial charge in [0.2, 0.25) is 5.91 Å². The number of nitro benzene ring substituents is 1. The summed E-state index contributed by atoms with van der Waals surface area (Å²) in [5.41, 5.74) is 0.332. The lowest BCUT2D eigenvalue weighted by atomic mass is 10.1. The van der Waals surface area contributed by atoms with Crippen LogP contribution in [0.4, 0.5) is 11.4 Å². The van der Waals surface area contributed by atoms with Gasteiger partial charge < -0.3 is 10.1 Å². The van der Waals surface area contributed by atoms with E-state index in [0.29, 0.717) is 17.7 Å². The number of benzene rings is 2. The second-order valence-electron chi connectivity index (χ2n) is 6.65. The zero-order chi connectivity index (χ0) is 21.6. The molecule has 2 aromatic carbocycles. The fraction of sp³-hybridized carbons (Fsp3) is 0.250. The van der Waals surface area contributed by atoms with Gasteiger partial charge in [0.05, 0.1) is 10.5 Å². The summed E-state index contributed by atoms with van der Waals surface area (Å²) in [5.74, 6) is -1.23. The molecule has 0 aromatic heterocycles. The number of halogens is 1. The zero-order valence-electron chi connectivity index (χ0n) is 15.8. The average Bonchev–Trinajstić information content (AvgIpc) is 2.65. The third-order valence-corrected chi connectivity index (χ3v) is 4.12. The maximum absolute atomic E-state index is 12.2. The molecule has 0 radical (unpaired) electrons. The molecular formula is C20H19ClN2O6. The lowest BCUT2D eigenvalue weighted by Crippen LogP contribution is -2.15. The van der Waals surface area contributed by atoms with Gasteiger partial charge in [-0.3, -0.25) is 19.7 Å². The van der Waals surface area contributed by atoms with E-state index in [1.54, 1.807) is 12.1 Å². The summed E-state index contributed by atoms with van der Waals surface area (Å²) in [6.45, 7) is 3.34. The van der Waals surface area contributed by atoms with E-state index in [1.807, 2.05) is 13.8 Å². The molecule has 29 heavy (non-hydrogen) atoms. The molecule has 0 spiro atoms. The Hall–Kier alpha value is -3.26. The largest absolute Gasteiger partial charge is 0.454 e. The molecule has 9 heteroatoms. The molecule has 1 amide bonds. The SMILES string of the molecule is CC(C)CC(=O)Nc1ccc(C(=O)COC(=O)c2ccc(Cl)c([N+](=O)[O-])c2)cc1. The van der Waals surface area contributed by atoms with Crippen LogP contribution in [0.15, 0.2) is 42.5 Å². The smallest absolute Gasteiger partial charge is 0.338 e. The quantitative estimate of drug-likeness (QED) is 0.296. The van der Waals surface area contributed by atoms with Crippen molar-refractivity contribution in [3.8, 4) is 0 Å². The predicted octanol–water partition coefficient (Wildman–Crippen LogP) is 4.27. The standard InChI is InChI=1S/C20H19ClN2O6/c1-12(2)9-19(25)22-15-6-3-13(4-7-15)18(24)11-29-20(26)14-5-8-16(21)17(10-14)23(27)28/h3-8,10,12H,9,11H2,1-2H3,(H,22,25). The van der Waals surface area contributed by atoms with Gasteiger partial charge in [-0.2, -0.15) is 0 Å². The molecule has 2 rings (SSSR count). The second-order valence-corrected chi connectivity index (χ2v) is 7.05. The van der Waals surface area contributed by atoms with E-state index in [2.05, 4.69) is 5.32 Å². The van der Waals surface area contributed by atoms with Gasteiger partial charge in [0.15, 0.2) is 12.4 Å². The van der Waals surface area contributed by atoms with E-state index >= 15 is 0 Å². The lowest BCUT2D eigenvalue weighted by molar-refractivity contribution is -0.384. The van der Waals surface area contributed by atoms with Crippen LogP contribution >= 0.6 is 11.6 Å². The molecule has 0 aliphatic carbocycles. The van der Waals surface area contributed by atoms with Gasteiger partial charge in [-0.15, -0.1) is 0 Å². The van der Waals surface area contributed by atoms with E-state index in [9.17, 15) is 24.5 Å². The number of nitrogens with one attached hydrogen (secondary N) is 1. The molecule has 0 saturated heterocycles. The third kappa shape index (κ3) is 6.39. The number of Topliss-reactive ketones (excluding diaryl/α,β-unsaturated/α-hetero) is 1. The predicted molar refractivity (Wildman–Crippen MR) is 107 cm³/mol. The number of carbonyl (C=O) groups excluding carboxylic acids is 3. The Morgan fingerprint density at radius 1 is 1.10 bits per heavy atom. The Bertz CT molecular complexity index is 940. The van der Waals surface area contributed by atoms with Crippen molar-refractivity contribution in [3.63, 3.8) is 0 Å². The molecule has 0 aliphatic rings. The Labute approximate surface area is 172 Å². The van der Waals surface area contributed by atoms with Crippen molar-refractivity contribution >= 4 is 40.6 Å². The van der Waals surface area contributed by atoms with E-state index in [1.165, 1.54) is 24.3 Å². The minimum atomic E-state index is -0.879. The van der Waals surface area contributed by atoms with Crippen LogP contribution in [0.25, 0.3) is 0 Å². The molecule has 0 atom stereocenters. The van der Waals surface area contributed by atoms with E-state index < -0.39 is 29.0 Å². The maximum atomic E-state index is 12.2. The number of ketones is 1. The molecule has 152 valence electrons. The highest BCUT2D eigenvalue weighted by molar-refractivity contribution is 6.32. The molecule has 8 nitrogen and oxygen atoms in total. The molecule has 0 heterocycles. The van der Waals surface area contributed by atoms with Crippen molar-refractivity contribution in [1.82, 2.24) is 0 Å². The van der Waals surface area contributed by atoms with Crippen molar-refractivity contribution in [2.24, 2.45) is 5.92 Å². The van der Waals surface area contributed by atoms with Gasteiger partial charge in [0.1, 0.15) is 5.02 Å². The average molecular weight is 419 g/mol. The third-order valence-electron chi connectivity index (χ3n) is 3.80. The molecular weight excluding hydrogens is 400 g/mol. The summed E-state index contributed by atoms with van der Waals surface area (Å²) in [7, 11) is 0. The highest BCUT2D eigenvalue weighted by atomic mass is 35.5. The molecule has 0 fully saturated rings. The van der Waals surface area contributed by atoms with Gasteiger partial charge in [0.25, 0.3) is 5.69 Å². The summed E-state index contributed by atoms with van der Waals surface area (Å²) < 4.78 is 4.93. The van der Waals surface area contributed by atoms with Crippen molar-refractivity contribution < 1.29 is 24.0 Å². The van der Waals surface area contributed by atoms with Crippen molar-refractivity contribution in [2.75, 3.05) is 11.9 Å². The summed E-state index contributed by atoms with van der Waals surface area (Å²) in [5, 5.41) is 13.5. The monoisotopic (exact) mass is 418 g/mol. The molecule has 0 bridgehead atoms. The van der Waals surface area contributed by atoms with E-state index in [0.717, 1.165) is 6.07 Å². The zero-order valence-corrected chi connectivity index (χ0v) is 16.6. The summed E-state index contributed by atoms with van der Waals surface area (Å²) >= 11 is 5.70. The van der Waals surface area contributed by atoms with Crippen LogP contribution < -0.4 is 5.32 Å². The fourth-order valence-corrected chi connectivity index (χ4v) is 2.59. The molecule has 0 saturated carbocycles. The number of amides is 1. The van der Waals surface area contributed by atoms with Crippen LogP contribution in [0.2, 0.25) is 5.02 Å². The second kappa shape index (κ2) is 9.79. The van der Waals surface area contributed by atoms with E-state index in [-0.39, 0.29) is 22.4 Å². The Morgan fingerprint density at radius 2 is 1.72 bits per heavy atom. The van der Waals surface area contributed by atoms with Gasteiger partial charge in [0, 0.05) is 23.7 Å². The highest BCUT2D eigenvalue weighted by Crippen LogP contribution is 2.25. The van der Waals surface area contributed by atoms with Crippen molar-refractivity contribution in [1.29, 1.82) is 0 Å². The Balaban J connectivity index is 1.95. The molecule has 0 unspecified atom stereocenters. The van der Waals surface area contributed by atoms with Crippen LogP contribution in [-0.2, 0) is 9.53 Å². The lowest BCUT2D eigenvalue weighted by Gasteiger charge is -2.08. The van der Waals surface area contributed by atoms with Crippen LogP contribution in [0.1, 0.15) is 41.0 Å². The number of hydrogen-bond donors (Lipinski definition) is 1. The molecule has 0 aliphatic heterocycles. The Morgan fingerprint density at radius 3 is 2.31 bits per heavy atom. The molecule has 1 N–H and O–H groups in total. The first kappa shape index (κ1) is 22.0. The summed E-state index contributed by atoms with van der Waals surface area (Å²) in [4.78, 5) is 46.2. The first-order valence-corrected chi connectivity index (χ1v) is 9.09. The number of nitro groups is 1. The minimum Gasteiger partial charge on any atom is -0.454 e. The molecule has 2 aromatic rings. The number of anilines is 1. The highest BCUT2D eigenvalue weighted by Gasteiger charge is 2.18. The van der Waals surface area contributed by atoms with Crippen LogP contribution in [0.3, 0.4) is 0 Å². The number of esters is 1. The van der Waals surface area contributed by atoms with Gasteiger partial charge >= 0.3 is 5.97 Å². The number of ether oxygens (including phenoxy) is 1. The normalized spacial score (nSPS) is 10.5.